The lowest BCUT2D eigenvalue weighted by atomic mass is 10.3. The molecule has 0 aliphatic heterocycles. The zero-order chi connectivity index (χ0) is 11.8. The molecule has 1 amide bonds. The predicted octanol–water partition coefficient (Wildman–Crippen LogP) is 1.22. The average molecular weight is 223 g/mol. The van der Waals surface area contributed by atoms with Crippen LogP contribution in [-0.2, 0) is 9.53 Å². The van der Waals surface area contributed by atoms with Gasteiger partial charge in [-0.1, -0.05) is 18.2 Å². The second-order valence-corrected chi connectivity index (χ2v) is 3.33. The molecule has 0 saturated carbocycles. The van der Waals surface area contributed by atoms with Crippen LogP contribution in [0.2, 0.25) is 0 Å². The molecule has 0 heterocycles. The molecule has 0 bridgehead atoms. The maximum Gasteiger partial charge on any atom is 0.248 e. The van der Waals surface area contributed by atoms with E-state index in [-0.39, 0.29) is 5.91 Å². The van der Waals surface area contributed by atoms with Crippen LogP contribution in [0.5, 0.6) is 5.75 Å². The fourth-order valence-corrected chi connectivity index (χ4v) is 1.11. The Balaban J connectivity index is 2.15. The third-order valence-electron chi connectivity index (χ3n) is 2.14. The number of ether oxygens (including phenoxy) is 2. The van der Waals surface area contributed by atoms with Gasteiger partial charge in [-0.05, 0) is 19.1 Å². The number of methoxy groups -OCH3 is 1. The van der Waals surface area contributed by atoms with Crippen molar-refractivity contribution in [1.29, 1.82) is 0 Å². The van der Waals surface area contributed by atoms with Crippen molar-refractivity contribution in [2.24, 2.45) is 0 Å². The minimum Gasteiger partial charge on any atom is -0.492 e. The van der Waals surface area contributed by atoms with Crippen molar-refractivity contribution in [3.63, 3.8) is 0 Å². The van der Waals surface area contributed by atoms with Gasteiger partial charge in [0.2, 0.25) is 5.91 Å². The number of rotatable bonds is 6. The van der Waals surface area contributed by atoms with E-state index in [4.69, 9.17) is 9.47 Å². The van der Waals surface area contributed by atoms with Gasteiger partial charge in [-0.2, -0.15) is 0 Å². The summed E-state index contributed by atoms with van der Waals surface area (Å²) in [7, 11) is 1.50. The van der Waals surface area contributed by atoms with E-state index in [2.05, 4.69) is 5.32 Å². The van der Waals surface area contributed by atoms with E-state index in [1.165, 1.54) is 7.11 Å². The maximum atomic E-state index is 11.3. The Hall–Kier alpha value is -1.55. The number of carbonyl (C=O) groups excluding carboxylic acids is 1. The van der Waals surface area contributed by atoms with Crippen molar-refractivity contribution < 1.29 is 14.3 Å². The summed E-state index contributed by atoms with van der Waals surface area (Å²) in [6.07, 6.45) is -0.420. The van der Waals surface area contributed by atoms with Crippen LogP contribution in [0.1, 0.15) is 6.92 Å². The summed E-state index contributed by atoms with van der Waals surface area (Å²) >= 11 is 0. The molecule has 1 aromatic carbocycles. The minimum atomic E-state index is -0.420. The van der Waals surface area contributed by atoms with Crippen LogP contribution in [0.25, 0.3) is 0 Å². The fraction of sp³-hybridized carbons (Fsp3) is 0.417. The quantitative estimate of drug-likeness (QED) is 0.737. The summed E-state index contributed by atoms with van der Waals surface area (Å²) in [5.41, 5.74) is 0. The first kappa shape index (κ1) is 12.5. The number of amides is 1. The summed E-state index contributed by atoms with van der Waals surface area (Å²) in [5.74, 6) is 0.677. The Labute approximate surface area is 95.6 Å². The molecule has 1 rings (SSSR count). The number of benzene rings is 1. The monoisotopic (exact) mass is 223 g/mol. The van der Waals surface area contributed by atoms with Crippen LogP contribution in [-0.4, -0.2) is 32.3 Å². The zero-order valence-corrected chi connectivity index (χ0v) is 9.60. The van der Waals surface area contributed by atoms with E-state index in [9.17, 15) is 4.79 Å². The van der Waals surface area contributed by atoms with Crippen LogP contribution in [0, 0.1) is 0 Å². The van der Waals surface area contributed by atoms with E-state index in [0.29, 0.717) is 13.2 Å². The van der Waals surface area contributed by atoms with Gasteiger partial charge in [0.1, 0.15) is 18.5 Å². The number of carbonyl (C=O) groups is 1. The molecule has 0 aromatic heterocycles. The van der Waals surface area contributed by atoms with Crippen LogP contribution < -0.4 is 10.1 Å². The van der Waals surface area contributed by atoms with E-state index in [1.807, 2.05) is 30.3 Å². The third-order valence-corrected chi connectivity index (χ3v) is 2.14. The van der Waals surface area contributed by atoms with Gasteiger partial charge in [-0.25, -0.2) is 0 Å². The molecule has 4 heteroatoms. The molecule has 1 N–H and O–H groups in total. The lowest BCUT2D eigenvalue weighted by Gasteiger charge is -2.10. The average Bonchev–Trinajstić information content (AvgIpc) is 2.34. The second-order valence-electron chi connectivity index (χ2n) is 3.33. The number of nitrogens with one attached hydrogen (secondary N) is 1. The molecule has 0 saturated heterocycles. The van der Waals surface area contributed by atoms with Crippen molar-refractivity contribution in [3.8, 4) is 5.75 Å². The van der Waals surface area contributed by atoms with Crippen LogP contribution in [0.15, 0.2) is 30.3 Å². The van der Waals surface area contributed by atoms with Gasteiger partial charge in [0.05, 0.1) is 6.54 Å². The first-order valence-corrected chi connectivity index (χ1v) is 5.22. The molecule has 0 aliphatic carbocycles. The van der Waals surface area contributed by atoms with Crippen LogP contribution in [0.3, 0.4) is 0 Å². The predicted molar refractivity (Wildman–Crippen MR) is 61.4 cm³/mol. The minimum absolute atomic E-state index is 0.126. The first-order valence-electron chi connectivity index (χ1n) is 5.22. The molecule has 16 heavy (non-hydrogen) atoms. The zero-order valence-electron chi connectivity index (χ0n) is 9.60. The molecule has 0 aliphatic rings. The Bertz CT molecular complexity index is 313. The SMILES string of the molecule is COC(C)C(=O)NCCOc1ccccc1. The van der Waals surface area contributed by atoms with Crippen LogP contribution >= 0.6 is 0 Å². The maximum absolute atomic E-state index is 11.3. The summed E-state index contributed by atoms with van der Waals surface area (Å²) in [5, 5.41) is 2.71. The highest BCUT2D eigenvalue weighted by Crippen LogP contribution is 2.07. The number of hydrogen-bond donors (Lipinski definition) is 1. The Morgan fingerprint density at radius 3 is 2.69 bits per heavy atom. The van der Waals surface area contributed by atoms with E-state index >= 15 is 0 Å². The molecular formula is C12H17NO3. The Morgan fingerprint density at radius 2 is 2.06 bits per heavy atom. The molecule has 88 valence electrons. The van der Waals surface area contributed by atoms with Crippen LogP contribution in [0.4, 0.5) is 0 Å². The van der Waals surface area contributed by atoms with Gasteiger partial charge in [-0.15, -0.1) is 0 Å². The van der Waals surface area contributed by atoms with Crippen molar-refractivity contribution in [3.05, 3.63) is 30.3 Å². The Morgan fingerprint density at radius 1 is 1.38 bits per heavy atom. The van der Waals surface area contributed by atoms with Gasteiger partial charge in [0.25, 0.3) is 0 Å². The fourth-order valence-electron chi connectivity index (χ4n) is 1.11. The van der Waals surface area contributed by atoms with Crippen molar-refractivity contribution >= 4 is 5.91 Å². The summed E-state index contributed by atoms with van der Waals surface area (Å²) in [4.78, 5) is 11.3. The normalized spacial score (nSPS) is 11.9. The molecule has 4 nitrogen and oxygen atoms in total. The lowest BCUT2D eigenvalue weighted by Crippen LogP contribution is -2.36. The Kier molecular flexibility index (Phi) is 5.36. The van der Waals surface area contributed by atoms with Crippen molar-refractivity contribution in [1.82, 2.24) is 5.32 Å². The first-order chi connectivity index (χ1) is 7.74. The lowest BCUT2D eigenvalue weighted by molar-refractivity contribution is -0.130. The van der Waals surface area contributed by atoms with Gasteiger partial charge < -0.3 is 14.8 Å². The number of hydrogen-bond acceptors (Lipinski definition) is 3. The molecule has 1 unspecified atom stereocenters. The molecule has 0 radical (unpaired) electrons. The van der Waals surface area contributed by atoms with Crippen molar-refractivity contribution in [2.75, 3.05) is 20.3 Å². The standard InChI is InChI=1S/C12H17NO3/c1-10(15-2)12(14)13-8-9-16-11-6-4-3-5-7-11/h3-7,10H,8-9H2,1-2H3,(H,13,14). The summed E-state index contributed by atoms with van der Waals surface area (Å²) in [6, 6.07) is 9.48. The molecule has 0 spiro atoms. The van der Waals surface area contributed by atoms with Gasteiger partial charge in [0, 0.05) is 7.11 Å². The van der Waals surface area contributed by atoms with E-state index in [0.717, 1.165) is 5.75 Å². The molecular weight excluding hydrogens is 206 g/mol. The highest BCUT2D eigenvalue weighted by Gasteiger charge is 2.09. The molecule has 0 fully saturated rings. The van der Waals surface area contributed by atoms with Gasteiger partial charge in [0.15, 0.2) is 0 Å². The van der Waals surface area contributed by atoms with Crippen molar-refractivity contribution in [2.45, 2.75) is 13.0 Å². The second kappa shape index (κ2) is 6.85. The summed E-state index contributed by atoms with van der Waals surface area (Å²) in [6.45, 7) is 2.63. The highest BCUT2D eigenvalue weighted by molar-refractivity contribution is 5.80. The summed E-state index contributed by atoms with van der Waals surface area (Å²) < 4.78 is 10.3. The highest BCUT2D eigenvalue weighted by atomic mass is 16.5. The topological polar surface area (TPSA) is 47.6 Å². The molecule has 1 atom stereocenters. The van der Waals surface area contributed by atoms with Gasteiger partial charge >= 0.3 is 0 Å². The third kappa shape index (κ3) is 4.31. The smallest absolute Gasteiger partial charge is 0.248 e. The van der Waals surface area contributed by atoms with E-state index in [1.54, 1.807) is 6.92 Å². The molecule has 1 aromatic rings. The number of para-hydroxylation sites is 1. The van der Waals surface area contributed by atoms with Gasteiger partial charge in [-0.3, -0.25) is 4.79 Å². The largest absolute Gasteiger partial charge is 0.492 e. The van der Waals surface area contributed by atoms with E-state index < -0.39 is 6.10 Å².